The molecule has 4 heteroatoms. The predicted molar refractivity (Wildman–Crippen MR) is 137 cm³/mol. The molecule has 2 aliphatic carbocycles. The predicted octanol–water partition coefficient (Wildman–Crippen LogP) is 7.02. The van der Waals surface area contributed by atoms with Crippen LogP contribution in [-0.4, -0.2) is 11.2 Å². The summed E-state index contributed by atoms with van der Waals surface area (Å²) >= 11 is 0. The summed E-state index contributed by atoms with van der Waals surface area (Å²) in [5, 5.41) is 13.0. The fourth-order valence-electron chi connectivity index (χ4n) is 5.35. The van der Waals surface area contributed by atoms with Gasteiger partial charge in [-0.25, -0.2) is 10.2 Å². The average Bonchev–Trinajstić information content (AvgIpc) is 2.84. The Morgan fingerprint density at radius 2 is 1.79 bits per heavy atom. The molecule has 3 atom stereocenters. The molecule has 1 fully saturated rings. The molecular weight excluding hydrogens is 411 g/mol. The molecule has 1 saturated carbocycles. The van der Waals surface area contributed by atoms with Gasteiger partial charge >= 0.3 is 0 Å². The van der Waals surface area contributed by atoms with E-state index >= 15 is 0 Å². The molecule has 0 radical (unpaired) electrons. The third-order valence-electron chi connectivity index (χ3n) is 7.14. The van der Waals surface area contributed by atoms with Gasteiger partial charge in [0, 0.05) is 0 Å². The number of allylic oxidation sites excluding steroid dienone is 3. The number of hydrazine groups is 1. The Labute approximate surface area is 198 Å². The van der Waals surface area contributed by atoms with E-state index in [4.69, 9.17) is 5.84 Å². The van der Waals surface area contributed by atoms with Gasteiger partial charge in [0.1, 0.15) is 5.82 Å². The highest BCUT2D eigenvalue weighted by Gasteiger charge is 2.46. The van der Waals surface area contributed by atoms with Gasteiger partial charge in [-0.05, 0) is 91.0 Å². The molecule has 0 amide bonds. The molecule has 0 saturated heterocycles. The summed E-state index contributed by atoms with van der Waals surface area (Å²) in [6.45, 7) is 12.6. The second-order valence-electron chi connectivity index (χ2n) is 9.11. The topological polar surface area (TPSA) is 49.5 Å². The molecule has 0 aromatic heterocycles. The van der Waals surface area contributed by atoms with Crippen LogP contribution in [0.15, 0.2) is 84.1 Å². The Morgan fingerprint density at radius 3 is 2.42 bits per heavy atom. The minimum absolute atomic E-state index is 0.0914. The van der Waals surface area contributed by atoms with Crippen LogP contribution in [0.3, 0.4) is 0 Å². The Kier molecular flexibility index (Phi) is 7.93. The number of rotatable bonds is 5. The van der Waals surface area contributed by atoms with Crippen LogP contribution in [0.2, 0.25) is 0 Å². The summed E-state index contributed by atoms with van der Waals surface area (Å²) in [6, 6.07) is 16.2. The van der Waals surface area contributed by atoms with Crippen LogP contribution in [0, 0.1) is 17.2 Å². The first-order chi connectivity index (χ1) is 15.8. The molecule has 3 N–H and O–H groups in total. The lowest BCUT2D eigenvalue weighted by Gasteiger charge is -2.49. The lowest BCUT2D eigenvalue weighted by atomic mass is 9.57. The van der Waals surface area contributed by atoms with Gasteiger partial charge in [0.05, 0.1) is 17.5 Å². The number of anilines is 1. The van der Waals surface area contributed by atoms with Crippen LogP contribution in [0.4, 0.5) is 10.1 Å². The molecule has 33 heavy (non-hydrogen) atoms. The monoisotopic (exact) mass is 448 g/mol. The first-order valence-corrected chi connectivity index (χ1v) is 11.9. The Balaban J connectivity index is 0.00000149. The number of fused-ring (bicyclic) bond motifs is 1. The van der Waals surface area contributed by atoms with E-state index in [0.29, 0.717) is 0 Å². The molecular formula is C29H37FN2O. The van der Waals surface area contributed by atoms with Crippen LogP contribution < -0.4 is 10.9 Å². The van der Waals surface area contributed by atoms with Gasteiger partial charge in [0.25, 0.3) is 0 Å². The highest BCUT2D eigenvalue weighted by Crippen LogP contribution is 2.54. The van der Waals surface area contributed by atoms with E-state index in [0.717, 1.165) is 48.2 Å². The molecule has 2 aromatic rings. The van der Waals surface area contributed by atoms with Crippen LogP contribution in [0.25, 0.3) is 5.57 Å². The first kappa shape index (κ1) is 24.9. The molecule has 3 unspecified atom stereocenters. The molecule has 3 nitrogen and oxygen atoms in total. The molecule has 0 aliphatic heterocycles. The minimum atomic E-state index is -0.600. The zero-order valence-corrected chi connectivity index (χ0v) is 20.3. The molecule has 176 valence electrons. The van der Waals surface area contributed by atoms with E-state index < -0.39 is 6.10 Å². The van der Waals surface area contributed by atoms with Gasteiger partial charge in [0.15, 0.2) is 0 Å². The van der Waals surface area contributed by atoms with Crippen molar-refractivity contribution in [3.05, 3.63) is 95.5 Å². The zero-order chi connectivity index (χ0) is 24.2. The molecule has 0 bridgehead atoms. The Bertz CT molecular complexity index is 1030. The van der Waals surface area contributed by atoms with Crippen molar-refractivity contribution in [2.24, 2.45) is 17.2 Å². The normalized spacial score (nSPS) is 23.0. The van der Waals surface area contributed by atoms with E-state index in [-0.39, 0.29) is 17.2 Å². The van der Waals surface area contributed by atoms with E-state index in [1.165, 1.54) is 23.3 Å². The second-order valence-corrected chi connectivity index (χ2v) is 9.11. The van der Waals surface area contributed by atoms with Gasteiger partial charge in [-0.3, -0.25) is 5.01 Å². The van der Waals surface area contributed by atoms with E-state index in [9.17, 15) is 9.50 Å². The molecule has 2 aliphatic rings. The number of halogens is 1. The van der Waals surface area contributed by atoms with Crippen molar-refractivity contribution in [2.75, 3.05) is 5.01 Å². The SMILES string of the molecule is C=C(c1ccccc1)C(O)C1CCCC2=CC(N(N)c3ccc(F)cc3)=C(C)CC21C.CC. The number of benzene rings is 2. The fraction of sp³-hybridized carbons (Fsp3) is 0.379. The van der Waals surface area contributed by atoms with Crippen molar-refractivity contribution >= 4 is 11.3 Å². The van der Waals surface area contributed by atoms with Crippen LogP contribution in [0.5, 0.6) is 0 Å². The second kappa shape index (κ2) is 10.5. The number of nitrogens with two attached hydrogens (primary N) is 1. The maximum atomic E-state index is 13.3. The summed E-state index contributed by atoms with van der Waals surface area (Å²) in [5.41, 5.74) is 5.82. The third kappa shape index (κ3) is 4.97. The van der Waals surface area contributed by atoms with E-state index in [2.05, 4.69) is 26.5 Å². The smallest absolute Gasteiger partial charge is 0.123 e. The number of hydrogen-bond donors (Lipinski definition) is 2. The van der Waals surface area contributed by atoms with Gasteiger partial charge in [-0.1, -0.05) is 63.3 Å². The fourth-order valence-corrected chi connectivity index (χ4v) is 5.35. The summed E-state index contributed by atoms with van der Waals surface area (Å²) in [5.74, 6) is 6.25. The Hall–Kier alpha value is -2.69. The van der Waals surface area contributed by atoms with Gasteiger partial charge in [0.2, 0.25) is 0 Å². The van der Waals surface area contributed by atoms with E-state index in [1.54, 1.807) is 17.1 Å². The molecule has 0 heterocycles. The summed E-state index contributed by atoms with van der Waals surface area (Å²) < 4.78 is 13.3. The van der Waals surface area contributed by atoms with Crippen molar-refractivity contribution in [3.63, 3.8) is 0 Å². The van der Waals surface area contributed by atoms with Gasteiger partial charge < -0.3 is 5.11 Å². The molecule has 2 aromatic carbocycles. The van der Waals surface area contributed by atoms with Crippen molar-refractivity contribution in [2.45, 2.75) is 59.5 Å². The molecule has 4 rings (SSSR count). The van der Waals surface area contributed by atoms with Crippen LogP contribution in [-0.2, 0) is 0 Å². The van der Waals surface area contributed by atoms with Crippen molar-refractivity contribution in [1.29, 1.82) is 0 Å². The zero-order valence-electron chi connectivity index (χ0n) is 20.3. The average molecular weight is 449 g/mol. The maximum absolute atomic E-state index is 13.3. The minimum Gasteiger partial charge on any atom is -0.388 e. The van der Waals surface area contributed by atoms with Crippen molar-refractivity contribution in [3.8, 4) is 0 Å². The summed E-state index contributed by atoms with van der Waals surface area (Å²) in [4.78, 5) is 0. The van der Waals surface area contributed by atoms with E-state index in [1.807, 2.05) is 44.2 Å². The number of aliphatic hydroxyl groups excluding tert-OH is 1. The summed E-state index contributed by atoms with van der Waals surface area (Å²) in [6.07, 6.45) is 5.40. The number of nitrogens with zero attached hydrogens (tertiary/aromatic N) is 1. The lowest BCUT2D eigenvalue weighted by Crippen LogP contribution is -2.43. The largest absolute Gasteiger partial charge is 0.388 e. The standard InChI is InChI=1S/C27H31FN2O.C2H6/c1-18-17-27(3)21(16-25(18)30(29)23-14-12-22(28)13-15-23)10-7-11-24(27)26(31)19(2)20-8-5-4-6-9-20;1-2/h4-6,8-9,12-16,24,26,31H,2,7,10-11,17,29H2,1,3H3;1-2H3. The van der Waals surface area contributed by atoms with Crippen LogP contribution >= 0.6 is 0 Å². The quantitative estimate of drug-likeness (QED) is 0.382. The van der Waals surface area contributed by atoms with Gasteiger partial charge in [-0.2, -0.15) is 0 Å². The highest BCUT2D eigenvalue weighted by atomic mass is 19.1. The maximum Gasteiger partial charge on any atom is 0.123 e. The summed E-state index contributed by atoms with van der Waals surface area (Å²) in [7, 11) is 0. The Morgan fingerprint density at radius 1 is 1.15 bits per heavy atom. The molecule has 0 spiro atoms. The van der Waals surface area contributed by atoms with Gasteiger partial charge in [-0.15, -0.1) is 0 Å². The van der Waals surface area contributed by atoms with Crippen molar-refractivity contribution in [1.82, 2.24) is 0 Å². The first-order valence-electron chi connectivity index (χ1n) is 11.9. The number of aliphatic hydroxyl groups is 1. The van der Waals surface area contributed by atoms with Crippen LogP contribution in [0.1, 0.15) is 58.9 Å². The number of hydrogen-bond acceptors (Lipinski definition) is 3. The highest BCUT2D eigenvalue weighted by molar-refractivity contribution is 5.67. The third-order valence-corrected chi connectivity index (χ3v) is 7.14. The lowest BCUT2D eigenvalue weighted by molar-refractivity contribution is 0.0580. The van der Waals surface area contributed by atoms with Crippen molar-refractivity contribution < 1.29 is 9.50 Å².